The third-order valence-electron chi connectivity index (χ3n) is 3.06. The average molecular weight is 304 g/mol. The zero-order valence-corrected chi connectivity index (χ0v) is 12.5. The summed E-state index contributed by atoms with van der Waals surface area (Å²) in [6.07, 6.45) is 8.58. The number of nitrogens with one attached hydrogen (secondary N) is 1. The standard InChI is InChI=1S/C14H16N4O2S/c1-3-5-10(6-4-2)12-15-14(21-17-12)16-13(20)11-7-8-18(11)9-19/h3-6,9,11H,1,7-8H2,2H3,(H,15,16,17,20)/b6-4-,10-5+/t11-/m0/s1. The van der Waals surface area contributed by atoms with Crippen molar-refractivity contribution >= 4 is 34.6 Å². The molecule has 0 radical (unpaired) electrons. The Morgan fingerprint density at radius 1 is 1.57 bits per heavy atom. The van der Waals surface area contributed by atoms with E-state index in [1.54, 1.807) is 12.2 Å². The summed E-state index contributed by atoms with van der Waals surface area (Å²) in [5.41, 5.74) is 0.822. The number of carbonyl (C=O) groups is 2. The number of aromatic nitrogens is 2. The lowest BCUT2D eigenvalue weighted by molar-refractivity contribution is -0.135. The van der Waals surface area contributed by atoms with Gasteiger partial charge in [-0.1, -0.05) is 30.9 Å². The van der Waals surface area contributed by atoms with Crippen LogP contribution in [0.1, 0.15) is 19.2 Å². The van der Waals surface area contributed by atoms with Gasteiger partial charge in [-0.15, -0.1) is 0 Å². The van der Waals surface area contributed by atoms with Crippen molar-refractivity contribution in [3.8, 4) is 0 Å². The molecule has 1 aromatic heterocycles. The second-order valence-electron chi connectivity index (χ2n) is 4.42. The smallest absolute Gasteiger partial charge is 0.249 e. The topological polar surface area (TPSA) is 75.2 Å². The van der Waals surface area contributed by atoms with Gasteiger partial charge in [0.05, 0.1) is 0 Å². The number of hydrogen-bond acceptors (Lipinski definition) is 5. The van der Waals surface area contributed by atoms with Crippen LogP contribution in [0.4, 0.5) is 5.13 Å². The van der Waals surface area contributed by atoms with Crippen LogP contribution in [0.25, 0.3) is 5.57 Å². The van der Waals surface area contributed by atoms with E-state index in [1.807, 2.05) is 19.1 Å². The van der Waals surface area contributed by atoms with Crippen molar-refractivity contribution in [3.63, 3.8) is 0 Å². The lowest BCUT2D eigenvalue weighted by Crippen LogP contribution is -2.53. The lowest BCUT2D eigenvalue weighted by Gasteiger charge is -2.36. The summed E-state index contributed by atoms with van der Waals surface area (Å²) < 4.78 is 4.21. The Balaban J connectivity index is 2.06. The van der Waals surface area contributed by atoms with Crippen molar-refractivity contribution in [2.75, 3.05) is 11.9 Å². The van der Waals surface area contributed by atoms with Gasteiger partial charge in [0.25, 0.3) is 0 Å². The van der Waals surface area contributed by atoms with Crippen LogP contribution in [0.5, 0.6) is 0 Å². The van der Waals surface area contributed by atoms with Gasteiger partial charge in [0.1, 0.15) is 6.04 Å². The van der Waals surface area contributed by atoms with Gasteiger partial charge in [-0.3, -0.25) is 14.9 Å². The van der Waals surface area contributed by atoms with Crippen LogP contribution >= 0.6 is 11.5 Å². The van der Waals surface area contributed by atoms with Gasteiger partial charge >= 0.3 is 0 Å². The highest BCUT2D eigenvalue weighted by Gasteiger charge is 2.33. The molecule has 6 nitrogen and oxygen atoms in total. The van der Waals surface area contributed by atoms with Crippen LogP contribution in [0.15, 0.2) is 30.9 Å². The molecule has 1 aliphatic heterocycles. The summed E-state index contributed by atoms with van der Waals surface area (Å²) in [4.78, 5) is 28.4. The molecule has 110 valence electrons. The van der Waals surface area contributed by atoms with Crippen LogP contribution in [0.3, 0.4) is 0 Å². The fourth-order valence-electron chi connectivity index (χ4n) is 1.91. The molecule has 1 aromatic rings. The Bertz CT molecular complexity index is 606. The van der Waals surface area contributed by atoms with Crippen molar-refractivity contribution in [3.05, 3.63) is 36.7 Å². The van der Waals surface area contributed by atoms with Crippen LogP contribution in [0, 0.1) is 0 Å². The Morgan fingerprint density at radius 2 is 2.38 bits per heavy atom. The molecule has 0 spiro atoms. The molecule has 2 amide bonds. The monoisotopic (exact) mass is 304 g/mol. The van der Waals surface area contributed by atoms with Crippen molar-refractivity contribution in [2.45, 2.75) is 19.4 Å². The highest BCUT2D eigenvalue weighted by Crippen LogP contribution is 2.21. The minimum absolute atomic E-state index is 0.226. The number of anilines is 1. The number of likely N-dealkylation sites (tertiary alicyclic amines) is 1. The van der Waals surface area contributed by atoms with Crippen LogP contribution in [-0.2, 0) is 9.59 Å². The predicted molar refractivity (Wildman–Crippen MR) is 82.7 cm³/mol. The molecule has 1 N–H and O–H groups in total. The van der Waals surface area contributed by atoms with Gasteiger partial charge in [-0.2, -0.15) is 9.36 Å². The normalized spacial score (nSPS) is 18.4. The molecule has 1 fully saturated rings. The van der Waals surface area contributed by atoms with Gasteiger partial charge in [-0.25, -0.2) is 0 Å². The Kier molecular flexibility index (Phi) is 4.99. The van der Waals surface area contributed by atoms with Gasteiger partial charge < -0.3 is 4.90 Å². The van der Waals surface area contributed by atoms with Crippen LogP contribution in [0.2, 0.25) is 0 Å². The Labute approximate surface area is 127 Å². The molecule has 0 bridgehead atoms. The van der Waals surface area contributed by atoms with Crippen molar-refractivity contribution < 1.29 is 9.59 Å². The van der Waals surface area contributed by atoms with E-state index in [9.17, 15) is 9.59 Å². The summed E-state index contributed by atoms with van der Waals surface area (Å²) in [6.45, 7) is 6.17. The van der Waals surface area contributed by atoms with Gasteiger partial charge in [0, 0.05) is 23.7 Å². The van der Waals surface area contributed by atoms with E-state index in [4.69, 9.17) is 0 Å². The van der Waals surface area contributed by atoms with Crippen molar-refractivity contribution in [1.29, 1.82) is 0 Å². The molecule has 0 saturated carbocycles. The van der Waals surface area contributed by atoms with E-state index in [-0.39, 0.29) is 5.91 Å². The number of hydrogen-bond donors (Lipinski definition) is 1. The maximum Gasteiger partial charge on any atom is 0.249 e. The summed E-state index contributed by atoms with van der Waals surface area (Å²) in [5, 5.41) is 3.12. The second-order valence-corrected chi connectivity index (χ2v) is 5.17. The molecule has 0 aliphatic carbocycles. The lowest BCUT2D eigenvalue weighted by atomic mass is 10.0. The molecule has 0 unspecified atom stereocenters. The first-order valence-electron chi connectivity index (χ1n) is 6.51. The first-order chi connectivity index (χ1) is 10.2. The predicted octanol–water partition coefficient (Wildman–Crippen LogP) is 1.85. The van der Waals surface area contributed by atoms with E-state index in [0.29, 0.717) is 30.3 Å². The Hall–Kier alpha value is -2.28. The van der Waals surface area contributed by atoms with E-state index >= 15 is 0 Å². The summed E-state index contributed by atoms with van der Waals surface area (Å²) in [7, 11) is 0. The molecule has 21 heavy (non-hydrogen) atoms. The highest BCUT2D eigenvalue weighted by atomic mass is 32.1. The maximum absolute atomic E-state index is 12.0. The molecular weight excluding hydrogens is 288 g/mol. The van der Waals surface area contributed by atoms with Crippen LogP contribution < -0.4 is 5.32 Å². The molecular formula is C14H16N4O2S. The number of carbonyl (C=O) groups excluding carboxylic acids is 2. The summed E-state index contributed by atoms with van der Waals surface area (Å²) >= 11 is 1.11. The van der Waals surface area contributed by atoms with Gasteiger partial charge in [-0.05, 0) is 13.3 Å². The molecule has 0 aromatic carbocycles. The highest BCUT2D eigenvalue weighted by molar-refractivity contribution is 7.10. The third-order valence-corrected chi connectivity index (χ3v) is 3.69. The molecule has 1 atom stereocenters. The number of nitrogens with zero attached hydrogens (tertiary/aromatic N) is 3. The fraction of sp³-hybridized carbons (Fsp3) is 0.286. The van der Waals surface area contributed by atoms with E-state index in [2.05, 4.69) is 21.3 Å². The zero-order valence-electron chi connectivity index (χ0n) is 11.7. The van der Waals surface area contributed by atoms with Crippen molar-refractivity contribution in [2.24, 2.45) is 0 Å². The molecule has 2 heterocycles. The largest absolute Gasteiger partial charge is 0.333 e. The number of allylic oxidation sites excluding steroid dienone is 5. The molecule has 7 heteroatoms. The first-order valence-corrected chi connectivity index (χ1v) is 7.28. The first kappa shape index (κ1) is 15.1. The minimum Gasteiger partial charge on any atom is -0.333 e. The second kappa shape index (κ2) is 6.94. The quantitative estimate of drug-likeness (QED) is 0.643. The average Bonchev–Trinajstić information content (AvgIpc) is 2.86. The van der Waals surface area contributed by atoms with Crippen molar-refractivity contribution in [1.82, 2.24) is 14.3 Å². The number of amides is 2. The zero-order chi connectivity index (χ0) is 15.2. The summed E-state index contributed by atoms with van der Waals surface area (Å²) in [5.74, 6) is 0.311. The van der Waals surface area contributed by atoms with Gasteiger partial charge in [0.15, 0.2) is 5.82 Å². The van der Waals surface area contributed by atoms with E-state index < -0.39 is 6.04 Å². The SMILES string of the molecule is C=C/C=C(\C=C/C)c1nsc(NC(=O)[C@@H]2CCN2C=O)n1. The molecule has 2 rings (SSSR count). The minimum atomic E-state index is -0.395. The third kappa shape index (κ3) is 3.43. The van der Waals surface area contributed by atoms with E-state index in [1.165, 1.54) is 4.90 Å². The summed E-state index contributed by atoms with van der Waals surface area (Å²) in [6, 6.07) is -0.395. The Morgan fingerprint density at radius 3 is 2.95 bits per heavy atom. The number of rotatable bonds is 6. The van der Waals surface area contributed by atoms with E-state index in [0.717, 1.165) is 17.1 Å². The van der Waals surface area contributed by atoms with Crippen LogP contribution in [-0.4, -0.2) is 39.2 Å². The molecule has 1 saturated heterocycles. The fourth-order valence-corrected chi connectivity index (χ4v) is 2.50. The molecule has 1 aliphatic rings. The van der Waals surface area contributed by atoms with Gasteiger partial charge in [0.2, 0.25) is 17.4 Å². The maximum atomic E-state index is 12.0.